The van der Waals surface area contributed by atoms with E-state index in [0.29, 0.717) is 18.3 Å². The van der Waals surface area contributed by atoms with Gasteiger partial charge in [-0.2, -0.15) is 0 Å². The van der Waals surface area contributed by atoms with Crippen molar-refractivity contribution < 1.29 is 9.53 Å². The number of nitrogens with zero attached hydrogens (tertiary/aromatic N) is 1. The van der Waals surface area contributed by atoms with Crippen LogP contribution >= 0.6 is 12.4 Å². The molecule has 0 aromatic heterocycles. The van der Waals surface area contributed by atoms with Gasteiger partial charge in [-0.25, -0.2) is 0 Å². The zero-order valence-electron chi connectivity index (χ0n) is 13.9. The molecule has 3 rings (SSSR count). The van der Waals surface area contributed by atoms with Gasteiger partial charge >= 0.3 is 0 Å². The summed E-state index contributed by atoms with van der Waals surface area (Å²) in [5, 5.41) is 0. The number of carbonyl (C=O) groups excluding carboxylic acids is 1. The van der Waals surface area contributed by atoms with E-state index in [0.717, 1.165) is 30.8 Å². The zero-order valence-corrected chi connectivity index (χ0v) is 14.7. The van der Waals surface area contributed by atoms with Crippen LogP contribution in [0.4, 0.5) is 0 Å². The summed E-state index contributed by atoms with van der Waals surface area (Å²) >= 11 is 0. The highest BCUT2D eigenvalue weighted by Crippen LogP contribution is 2.37. The summed E-state index contributed by atoms with van der Waals surface area (Å²) in [5.74, 6) is 2.13. The molecule has 1 aromatic carbocycles. The third-order valence-corrected chi connectivity index (χ3v) is 4.94. The molecule has 2 fully saturated rings. The van der Waals surface area contributed by atoms with E-state index in [2.05, 4.69) is 0 Å². The minimum atomic E-state index is 0. The Hall–Kier alpha value is -1.26. The van der Waals surface area contributed by atoms with Gasteiger partial charge in [-0.15, -0.1) is 12.4 Å². The van der Waals surface area contributed by atoms with Gasteiger partial charge in [0.2, 0.25) is 5.91 Å². The second-order valence-corrected chi connectivity index (χ2v) is 6.91. The molecule has 1 aromatic rings. The highest BCUT2D eigenvalue weighted by molar-refractivity contribution is 5.85. The van der Waals surface area contributed by atoms with Crippen LogP contribution in [0.1, 0.15) is 32.3 Å². The lowest BCUT2D eigenvalue weighted by Gasteiger charge is -2.20. The van der Waals surface area contributed by atoms with Crippen LogP contribution in [-0.4, -0.2) is 36.0 Å². The molecule has 2 N–H and O–H groups in total. The first-order valence-corrected chi connectivity index (χ1v) is 8.32. The number of para-hydroxylation sites is 1. The van der Waals surface area contributed by atoms with Gasteiger partial charge in [-0.05, 0) is 44.6 Å². The van der Waals surface area contributed by atoms with Crippen LogP contribution in [0.2, 0.25) is 0 Å². The Bertz CT molecular complexity index is 550. The number of carbonyl (C=O) groups is 1. The number of nitrogens with two attached hydrogens (primary N) is 1. The van der Waals surface area contributed by atoms with Crippen molar-refractivity contribution in [2.45, 2.75) is 45.3 Å². The molecule has 1 saturated heterocycles. The number of amides is 1. The number of hydrogen-bond acceptors (Lipinski definition) is 3. The van der Waals surface area contributed by atoms with Crippen molar-refractivity contribution in [1.82, 2.24) is 4.90 Å². The summed E-state index contributed by atoms with van der Waals surface area (Å²) < 4.78 is 5.81. The lowest BCUT2D eigenvalue weighted by molar-refractivity contribution is -0.129. The van der Waals surface area contributed by atoms with Crippen molar-refractivity contribution in [3.8, 4) is 5.75 Å². The van der Waals surface area contributed by atoms with Gasteiger partial charge in [-0.1, -0.05) is 18.2 Å². The molecule has 23 heavy (non-hydrogen) atoms. The highest BCUT2D eigenvalue weighted by Gasteiger charge is 2.42. The van der Waals surface area contributed by atoms with Crippen molar-refractivity contribution in [3.63, 3.8) is 0 Å². The topological polar surface area (TPSA) is 55.6 Å². The van der Waals surface area contributed by atoms with Crippen LogP contribution in [0.5, 0.6) is 5.75 Å². The lowest BCUT2D eigenvalue weighted by Crippen LogP contribution is -2.34. The third-order valence-electron chi connectivity index (χ3n) is 4.94. The molecule has 3 atom stereocenters. The molecule has 1 saturated carbocycles. The van der Waals surface area contributed by atoms with Gasteiger partial charge in [0.25, 0.3) is 0 Å². The molecule has 3 unspecified atom stereocenters. The van der Waals surface area contributed by atoms with Crippen molar-refractivity contribution >= 4 is 18.3 Å². The van der Waals surface area contributed by atoms with Crippen LogP contribution in [0.3, 0.4) is 0 Å². The summed E-state index contributed by atoms with van der Waals surface area (Å²) in [7, 11) is 0. The van der Waals surface area contributed by atoms with Crippen molar-refractivity contribution in [3.05, 3.63) is 29.8 Å². The molecule has 0 bridgehead atoms. The molecule has 4 nitrogen and oxygen atoms in total. The Kier molecular flexibility index (Phi) is 5.93. The molecule has 1 amide bonds. The normalized spacial score (nSPS) is 26.1. The van der Waals surface area contributed by atoms with E-state index in [1.54, 1.807) is 0 Å². The summed E-state index contributed by atoms with van der Waals surface area (Å²) in [6.07, 6.45) is 2.81. The maximum atomic E-state index is 12.6. The second-order valence-electron chi connectivity index (χ2n) is 6.91. The van der Waals surface area contributed by atoms with Gasteiger partial charge in [0, 0.05) is 24.7 Å². The second kappa shape index (κ2) is 7.54. The number of hydrogen-bond donors (Lipinski definition) is 1. The lowest BCUT2D eigenvalue weighted by atomic mass is 9.98. The highest BCUT2D eigenvalue weighted by atomic mass is 35.5. The maximum Gasteiger partial charge on any atom is 0.227 e. The predicted molar refractivity (Wildman–Crippen MR) is 93.9 cm³/mol. The first kappa shape index (κ1) is 18.1. The summed E-state index contributed by atoms with van der Waals surface area (Å²) in [5.41, 5.74) is 7.13. The maximum absolute atomic E-state index is 12.6. The Labute approximate surface area is 144 Å². The van der Waals surface area contributed by atoms with E-state index in [4.69, 9.17) is 10.5 Å². The molecule has 2 aliphatic rings. The molecular formula is C18H27ClN2O2. The van der Waals surface area contributed by atoms with Crippen LogP contribution in [-0.2, 0) is 11.2 Å². The number of rotatable bonds is 4. The number of fused-ring (bicyclic) bond motifs is 1. The molecule has 0 spiro atoms. The predicted octanol–water partition coefficient (Wildman–Crippen LogP) is 2.63. The zero-order chi connectivity index (χ0) is 15.7. The van der Waals surface area contributed by atoms with E-state index in [9.17, 15) is 4.79 Å². The molecule has 0 radical (unpaired) electrons. The number of ether oxygens (including phenoxy) is 1. The van der Waals surface area contributed by atoms with Crippen molar-refractivity contribution in [1.29, 1.82) is 0 Å². The first-order chi connectivity index (χ1) is 10.5. The average Bonchev–Trinajstić information content (AvgIpc) is 3.03. The van der Waals surface area contributed by atoms with E-state index in [-0.39, 0.29) is 30.5 Å². The smallest absolute Gasteiger partial charge is 0.227 e. The van der Waals surface area contributed by atoms with Gasteiger partial charge in [-0.3, -0.25) is 4.79 Å². The van der Waals surface area contributed by atoms with Crippen LogP contribution < -0.4 is 10.5 Å². The largest absolute Gasteiger partial charge is 0.491 e. The number of halogens is 1. The quantitative estimate of drug-likeness (QED) is 0.918. The SMILES string of the molecule is CC(C)Oc1ccccc1CC(=O)N1CC2CCC(N)C2C1.Cl. The van der Waals surface area contributed by atoms with Crippen molar-refractivity contribution in [2.75, 3.05) is 13.1 Å². The average molecular weight is 339 g/mol. The molecular weight excluding hydrogens is 312 g/mol. The van der Waals surface area contributed by atoms with E-state index >= 15 is 0 Å². The van der Waals surface area contributed by atoms with Gasteiger partial charge in [0.05, 0.1) is 12.5 Å². The Morgan fingerprint density at radius 3 is 2.74 bits per heavy atom. The fourth-order valence-electron chi connectivity index (χ4n) is 3.80. The number of likely N-dealkylation sites (tertiary alicyclic amines) is 1. The fourth-order valence-corrected chi connectivity index (χ4v) is 3.80. The van der Waals surface area contributed by atoms with Crippen molar-refractivity contribution in [2.24, 2.45) is 17.6 Å². The molecule has 5 heteroatoms. The van der Waals surface area contributed by atoms with E-state index < -0.39 is 0 Å². The van der Waals surface area contributed by atoms with Gasteiger partial charge < -0.3 is 15.4 Å². The van der Waals surface area contributed by atoms with Crippen LogP contribution in [0.25, 0.3) is 0 Å². The minimum absolute atomic E-state index is 0. The Morgan fingerprint density at radius 1 is 1.30 bits per heavy atom. The molecule has 1 aliphatic carbocycles. The number of benzene rings is 1. The van der Waals surface area contributed by atoms with E-state index in [1.807, 2.05) is 43.0 Å². The summed E-state index contributed by atoms with van der Waals surface area (Å²) in [6.45, 7) is 5.71. The van der Waals surface area contributed by atoms with Crippen LogP contribution in [0, 0.1) is 11.8 Å². The Balaban J connectivity index is 0.00000192. The minimum Gasteiger partial charge on any atom is -0.491 e. The molecule has 128 valence electrons. The third kappa shape index (κ3) is 3.99. The molecule has 1 heterocycles. The van der Waals surface area contributed by atoms with Gasteiger partial charge in [0.15, 0.2) is 0 Å². The standard InChI is InChI=1S/C18H26N2O2.ClH/c1-12(2)22-17-6-4-3-5-13(17)9-18(21)20-10-14-7-8-16(19)15(14)11-20;/h3-6,12,14-16H,7-11,19H2,1-2H3;1H. The van der Waals surface area contributed by atoms with E-state index in [1.165, 1.54) is 6.42 Å². The van der Waals surface area contributed by atoms with Crippen LogP contribution in [0.15, 0.2) is 24.3 Å². The Morgan fingerprint density at radius 2 is 2.04 bits per heavy atom. The summed E-state index contributed by atoms with van der Waals surface area (Å²) in [6, 6.07) is 8.12. The van der Waals surface area contributed by atoms with Gasteiger partial charge in [0.1, 0.15) is 5.75 Å². The monoisotopic (exact) mass is 338 g/mol. The fraction of sp³-hybridized carbons (Fsp3) is 0.611. The summed E-state index contributed by atoms with van der Waals surface area (Å²) in [4.78, 5) is 14.6. The first-order valence-electron chi connectivity index (χ1n) is 8.32. The molecule has 1 aliphatic heterocycles.